The van der Waals surface area contributed by atoms with Gasteiger partial charge in [-0.15, -0.1) is 0 Å². The monoisotopic (exact) mass is 498 g/mol. The minimum absolute atomic E-state index is 0.0661. The Labute approximate surface area is 209 Å². The normalized spacial score (nSPS) is 14.7. The van der Waals surface area contributed by atoms with Crippen molar-refractivity contribution < 1.29 is 9.53 Å². The van der Waals surface area contributed by atoms with Crippen LogP contribution in [0.3, 0.4) is 0 Å². The van der Waals surface area contributed by atoms with Gasteiger partial charge >= 0.3 is 0 Å². The Kier molecular flexibility index (Phi) is 7.87. The summed E-state index contributed by atoms with van der Waals surface area (Å²) in [5.41, 5.74) is 1.21. The van der Waals surface area contributed by atoms with E-state index in [2.05, 4.69) is 27.0 Å². The average molecular weight is 499 g/mol. The molecule has 0 bridgehead atoms. The number of halogens is 1. The minimum atomic E-state index is -0.287. The van der Waals surface area contributed by atoms with Gasteiger partial charge in [0.15, 0.2) is 17.4 Å². The molecule has 0 spiro atoms. The molecule has 35 heavy (non-hydrogen) atoms. The highest BCUT2D eigenvalue weighted by atomic mass is 35.5. The maximum atomic E-state index is 12.6. The number of anilines is 3. The summed E-state index contributed by atoms with van der Waals surface area (Å²) in [7, 11) is 1.68. The molecule has 3 aromatic rings. The fourth-order valence-electron chi connectivity index (χ4n) is 4.12. The van der Waals surface area contributed by atoms with Crippen molar-refractivity contribution in [3.63, 3.8) is 0 Å². The lowest BCUT2D eigenvalue weighted by Crippen LogP contribution is -2.31. The van der Waals surface area contributed by atoms with Crippen LogP contribution in [-0.4, -0.2) is 64.5 Å². The molecule has 1 aromatic carbocycles. The van der Waals surface area contributed by atoms with E-state index in [9.17, 15) is 9.59 Å². The molecule has 2 aromatic heterocycles. The zero-order valence-electron chi connectivity index (χ0n) is 20.4. The molecule has 0 saturated carbocycles. The third-order valence-electron chi connectivity index (χ3n) is 6.29. The number of likely N-dealkylation sites (N-methyl/N-ethyl adjacent to an activating group) is 1. The minimum Gasteiger partial charge on any atom is -0.480 e. The summed E-state index contributed by atoms with van der Waals surface area (Å²) in [6, 6.07) is 7.28. The Bertz CT molecular complexity index is 1280. The number of hydrogen-bond acceptors (Lipinski definition) is 8. The van der Waals surface area contributed by atoms with Gasteiger partial charge in [-0.25, -0.2) is 4.98 Å². The lowest BCUT2D eigenvalue weighted by molar-refractivity contribution is -0.120. The number of nitrogens with one attached hydrogen (secondary N) is 1. The average Bonchev–Trinajstić information content (AvgIpc) is 3.12. The molecule has 1 fully saturated rings. The van der Waals surface area contributed by atoms with Crippen LogP contribution in [0.25, 0.3) is 10.9 Å². The zero-order valence-corrected chi connectivity index (χ0v) is 21.1. The van der Waals surface area contributed by atoms with E-state index >= 15 is 0 Å². The van der Waals surface area contributed by atoms with Crippen molar-refractivity contribution in [3.05, 3.63) is 45.8 Å². The summed E-state index contributed by atoms with van der Waals surface area (Å²) in [6.45, 7) is 8.66. The van der Waals surface area contributed by atoms with Gasteiger partial charge in [0, 0.05) is 44.2 Å². The number of fused-ring (bicyclic) bond motifs is 1. The second kappa shape index (κ2) is 11.0. The second-order valence-electron chi connectivity index (χ2n) is 8.59. The number of ketones is 1. The van der Waals surface area contributed by atoms with Gasteiger partial charge in [0.2, 0.25) is 5.95 Å². The van der Waals surface area contributed by atoms with Crippen LogP contribution in [0.1, 0.15) is 26.7 Å². The topological polar surface area (TPSA) is 92.6 Å². The molecule has 1 aliphatic rings. The third kappa shape index (κ3) is 5.74. The number of rotatable bonds is 8. The number of carbonyl (C=O) groups excluding carboxylic acids is 1. The molecule has 0 atom stereocenters. The van der Waals surface area contributed by atoms with Crippen LogP contribution in [0.2, 0.25) is 5.02 Å². The molecule has 0 unspecified atom stereocenters. The number of aryl methyl sites for hydroxylation is 1. The Morgan fingerprint density at radius 2 is 2.00 bits per heavy atom. The Morgan fingerprint density at radius 3 is 2.77 bits per heavy atom. The number of aromatic nitrogens is 3. The zero-order chi connectivity index (χ0) is 24.9. The SMILES string of the molecule is CCC(=O)COc1cc2cc(Nc3nc(N4CCCN(CC)CC4)ncc3Cl)ccc2n(C)c1=O. The second-order valence-corrected chi connectivity index (χ2v) is 9.00. The number of carbonyl (C=O) groups is 1. The van der Waals surface area contributed by atoms with Gasteiger partial charge in [0.1, 0.15) is 11.6 Å². The van der Waals surface area contributed by atoms with Gasteiger partial charge in [-0.3, -0.25) is 9.59 Å². The van der Waals surface area contributed by atoms with Crippen molar-refractivity contribution in [1.82, 2.24) is 19.4 Å². The molecule has 0 radical (unpaired) electrons. The van der Waals surface area contributed by atoms with E-state index in [1.165, 1.54) is 4.57 Å². The number of hydrogen-bond donors (Lipinski definition) is 1. The fourth-order valence-corrected chi connectivity index (χ4v) is 4.25. The third-order valence-corrected chi connectivity index (χ3v) is 6.56. The molecule has 1 aliphatic heterocycles. The highest BCUT2D eigenvalue weighted by molar-refractivity contribution is 6.32. The van der Waals surface area contributed by atoms with Crippen LogP contribution in [0.4, 0.5) is 17.5 Å². The maximum absolute atomic E-state index is 12.6. The van der Waals surface area contributed by atoms with E-state index < -0.39 is 0 Å². The van der Waals surface area contributed by atoms with Crippen molar-refractivity contribution in [1.29, 1.82) is 0 Å². The summed E-state index contributed by atoms with van der Waals surface area (Å²) in [4.78, 5) is 38.1. The summed E-state index contributed by atoms with van der Waals surface area (Å²) < 4.78 is 7.02. The Morgan fingerprint density at radius 1 is 1.17 bits per heavy atom. The van der Waals surface area contributed by atoms with Crippen molar-refractivity contribution in [2.24, 2.45) is 7.05 Å². The van der Waals surface area contributed by atoms with Crippen LogP contribution in [0.5, 0.6) is 5.75 Å². The van der Waals surface area contributed by atoms with E-state index in [1.807, 2.05) is 18.2 Å². The first kappa shape index (κ1) is 24.9. The largest absolute Gasteiger partial charge is 0.480 e. The highest BCUT2D eigenvalue weighted by Crippen LogP contribution is 2.28. The predicted molar refractivity (Wildman–Crippen MR) is 139 cm³/mol. The predicted octanol–water partition coefficient (Wildman–Crippen LogP) is 3.62. The van der Waals surface area contributed by atoms with E-state index in [1.54, 1.807) is 26.2 Å². The molecule has 1 saturated heterocycles. The molecule has 3 heterocycles. The van der Waals surface area contributed by atoms with Crippen LogP contribution in [0, 0.1) is 0 Å². The first-order valence-electron chi connectivity index (χ1n) is 11.9. The molecule has 1 N–H and O–H groups in total. The van der Waals surface area contributed by atoms with Crippen LogP contribution < -0.4 is 20.5 Å². The molecule has 0 amide bonds. The van der Waals surface area contributed by atoms with Crippen LogP contribution >= 0.6 is 11.6 Å². The standard InChI is InChI=1S/C25H31ClN6O3/c1-4-19(33)16-35-22-14-17-13-18(7-8-21(17)30(3)24(22)34)28-23-20(26)15-27-25(29-23)32-10-6-9-31(5-2)11-12-32/h7-8,13-15H,4-6,9-12,16H2,1-3H3,(H,27,28,29). The molecule has 10 heteroatoms. The van der Waals surface area contributed by atoms with Crippen molar-refractivity contribution in [2.75, 3.05) is 49.5 Å². The van der Waals surface area contributed by atoms with Crippen LogP contribution in [0.15, 0.2) is 35.3 Å². The molecular formula is C25H31ClN6O3. The van der Waals surface area contributed by atoms with Gasteiger partial charge in [-0.1, -0.05) is 25.4 Å². The first-order chi connectivity index (χ1) is 16.9. The Hall–Kier alpha value is -3.17. The van der Waals surface area contributed by atoms with Gasteiger partial charge in [0.25, 0.3) is 5.56 Å². The lowest BCUT2D eigenvalue weighted by atomic mass is 10.2. The summed E-state index contributed by atoms with van der Waals surface area (Å²) in [5, 5.41) is 4.49. The van der Waals surface area contributed by atoms with Gasteiger partial charge in [-0.05, 0) is 43.8 Å². The summed E-state index contributed by atoms with van der Waals surface area (Å²) in [6.07, 6.45) is 3.04. The number of nitrogens with zero attached hydrogens (tertiary/aromatic N) is 5. The highest BCUT2D eigenvalue weighted by Gasteiger charge is 2.18. The maximum Gasteiger partial charge on any atom is 0.293 e. The summed E-state index contributed by atoms with van der Waals surface area (Å²) >= 11 is 6.43. The van der Waals surface area contributed by atoms with Gasteiger partial charge < -0.3 is 24.4 Å². The Balaban J connectivity index is 1.59. The molecule has 186 valence electrons. The van der Waals surface area contributed by atoms with Crippen LogP contribution in [-0.2, 0) is 11.8 Å². The number of pyridine rings is 1. The summed E-state index contributed by atoms with van der Waals surface area (Å²) in [5.74, 6) is 1.24. The van der Waals surface area contributed by atoms with Crippen molar-refractivity contribution in [3.8, 4) is 5.75 Å². The molecule has 4 rings (SSSR count). The smallest absolute Gasteiger partial charge is 0.293 e. The first-order valence-corrected chi connectivity index (χ1v) is 12.3. The van der Waals surface area contributed by atoms with Crippen molar-refractivity contribution in [2.45, 2.75) is 26.7 Å². The molecule has 0 aliphatic carbocycles. The van der Waals surface area contributed by atoms with Gasteiger partial charge in [-0.2, -0.15) is 4.98 Å². The van der Waals surface area contributed by atoms with E-state index in [0.717, 1.165) is 55.7 Å². The van der Waals surface area contributed by atoms with E-state index in [4.69, 9.17) is 21.3 Å². The molecular weight excluding hydrogens is 468 g/mol. The lowest BCUT2D eigenvalue weighted by Gasteiger charge is -2.22. The van der Waals surface area contributed by atoms with E-state index in [-0.39, 0.29) is 23.7 Å². The number of ether oxygens (including phenoxy) is 1. The quantitative estimate of drug-likeness (QED) is 0.503. The fraction of sp³-hybridized carbons (Fsp3) is 0.440. The van der Waals surface area contributed by atoms with Crippen molar-refractivity contribution >= 4 is 45.7 Å². The number of benzene rings is 1. The van der Waals surface area contributed by atoms with Gasteiger partial charge in [0.05, 0.1) is 11.7 Å². The molecule has 9 nitrogen and oxygen atoms in total. The van der Waals surface area contributed by atoms with E-state index in [0.29, 0.717) is 23.2 Å². The number of Topliss-reactive ketones (excluding diaryl/α,β-unsaturated/α-hetero) is 1.